The summed E-state index contributed by atoms with van der Waals surface area (Å²) >= 11 is 5.01. The molecule has 100 valence electrons. The number of carbonyl (C=O) groups excluding carboxylic acids is 1. The van der Waals surface area contributed by atoms with E-state index < -0.39 is 11.5 Å². The van der Waals surface area contributed by atoms with Crippen molar-refractivity contribution in [3.05, 3.63) is 23.9 Å². The van der Waals surface area contributed by atoms with E-state index in [1.54, 1.807) is 18.3 Å². The minimum Gasteiger partial charge on any atom is -0.477 e. The number of carbonyl (C=O) groups is 1. The van der Waals surface area contributed by atoms with Crippen molar-refractivity contribution in [2.75, 3.05) is 6.61 Å². The van der Waals surface area contributed by atoms with Crippen LogP contribution >= 0.6 is 11.6 Å². The Kier molecular flexibility index (Phi) is 6.43. The van der Waals surface area contributed by atoms with Crippen molar-refractivity contribution in [1.82, 2.24) is 10.3 Å². The molecule has 0 saturated heterocycles. The number of amides is 1. The second-order valence-corrected chi connectivity index (χ2v) is 4.07. The largest absolute Gasteiger partial charge is 0.477 e. The van der Waals surface area contributed by atoms with Gasteiger partial charge >= 0.3 is 0 Å². The molecule has 1 unspecified atom stereocenters. The van der Waals surface area contributed by atoms with E-state index in [1.807, 2.05) is 0 Å². The summed E-state index contributed by atoms with van der Waals surface area (Å²) in [4.78, 5) is 15.1. The number of alkyl halides is 2. The predicted molar refractivity (Wildman–Crippen MR) is 67.2 cm³/mol. The lowest BCUT2D eigenvalue weighted by Gasteiger charge is -2.10. The van der Waals surface area contributed by atoms with Crippen LogP contribution in [0.2, 0.25) is 0 Å². The molecule has 4 nitrogen and oxygen atoms in total. The average molecular weight is 275 g/mol. The lowest BCUT2D eigenvalue weighted by Crippen LogP contribution is -2.28. The Labute approximate surface area is 110 Å². The van der Waals surface area contributed by atoms with E-state index >= 15 is 0 Å². The number of unbranched alkanes of at least 4 members (excludes halogenated alkanes) is 1. The van der Waals surface area contributed by atoms with Crippen molar-refractivity contribution < 1.29 is 13.9 Å². The van der Waals surface area contributed by atoms with Crippen LogP contribution in [0, 0.1) is 0 Å². The van der Waals surface area contributed by atoms with Gasteiger partial charge in [-0.05, 0) is 12.5 Å². The van der Waals surface area contributed by atoms with Gasteiger partial charge in [0.1, 0.15) is 0 Å². The van der Waals surface area contributed by atoms with Crippen molar-refractivity contribution in [2.24, 2.45) is 0 Å². The van der Waals surface area contributed by atoms with E-state index in [0.29, 0.717) is 18.1 Å². The van der Waals surface area contributed by atoms with Crippen molar-refractivity contribution in [1.29, 1.82) is 0 Å². The van der Waals surface area contributed by atoms with Crippen LogP contribution in [0.15, 0.2) is 18.3 Å². The summed E-state index contributed by atoms with van der Waals surface area (Å²) in [6, 6.07) is 3.48. The summed E-state index contributed by atoms with van der Waals surface area (Å²) in [6.45, 7) is 2.77. The highest BCUT2D eigenvalue weighted by Crippen LogP contribution is 2.14. The first kappa shape index (κ1) is 14.7. The third-order valence-corrected chi connectivity index (χ3v) is 2.44. The number of halogens is 2. The van der Waals surface area contributed by atoms with Crippen LogP contribution in [0.3, 0.4) is 0 Å². The monoisotopic (exact) mass is 274 g/mol. The minimum absolute atomic E-state index is 0.140. The van der Waals surface area contributed by atoms with Gasteiger partial charge in [0, 0.05) is 18.3 Å². The van der Waals surface area contributed by atoms with E-state index in [4.69, 9.17) is 16.3 Å². The molecule has 0 spiro atoms. The Morgan fingerprint density at radius 2 is 2.44 bits per heavy atom. The van der Waals surface area contributed by atoms with E-state index in [2.05, 4.69) is 17.2 Å². The number of pyridine rings is 1. The quantitative estimate of drug-likeness (QED) is 0.614. The summed E-state index contributed by atoms with van der Waals surface area (Å²) < 4.78 is 17.9. The normalized spacial score (nSPS) is 11.9. The zero-order valence-corrected chi connectivity index (χ0v) is 10.9. The van der Waals surface area contributed by atoms with Crippen molar-refractivity contribution in [3.8, 4) is 5.88 Å². The smallest absolute Gasteiger partial charge is 0.270 e. The molecular weight excluding hydrogens is 259 g/mol. The lowest BCUT2D eigenvalue weighted by atomic mass is 10.2. The molecule has 0 radical (unpaired) electrons. The number of nitrogens with zero attached hydrogens (tertiary/aromatic N) is 1. The molecule has 6 heteroatoms. The number of ether oxygens (including phenoxy) is 1. The fraction of sp³-hybridized carbons (Fsp3) is 0.500. The van der Waals surface area contributed by atoms with Crippen LogP contribution in [0.5, 0.6) is 5.88 Å². The fourth-order valence-corrected chi connectivity index (χ4v) is 1.34. The molecule has 1 N–H and O–H groups in total. The fourth-order valence-electron chi connectivity index (χ4n) is 1.26. The number of aromatic nitrogens is 1. The zero-order valence-electron chi connectivity index (χ0n) is 10.2. The number of rotatable bonds is 7. The van der Waals surface area contributed by atoms with Crippen LogP contribution in [0.25, 0.3) is 0 Å². The van der Waals surface area contributed by atoms with E-state index in [-0.39, 0.29) is 6.54 Å². The highest BCUT2D eigenvalue weighted by atomic mass is 35.5. The first-order valence-corrected chi connectivity index (χ1v) is 6.21. The molecule has 1 aromatic heterocycles. The highest BCUT2D eigenvalue weighted by Gasteiger charge is 2.13. The summed E-state index contributed by atoms with van der Waals surface area (Å²) in [6.07, 6.45) is 3.55. The molecule has 1 atom stereocenters. The molecule has 18 heavy (non-hydrogen) atoms. The lowest BCUT2D eigenvalue weighted by molar-refractivity contribution is -0.123. The van der Waals surface area contributed by atoms with Gasteiger partial charge in [0.25, 0.3) is 11.5 Å². The molecule has 0 bridgehead atoms. The van der Waals surface area contributed by atoms with Crippen LogP contribution in [0.4, 0.5) is 4.39 Å². The van der Waals surface area contributed by atoms with Crippen molar-refractivity contribution in [2.45, 2.75) is 31.9 Å². The Hall–Kier alpha value is -1.36. The van der Waals surface area contributed by atoms with E-state index in [1.165, 1.54) is 0 Å². The first-order chi connectivity index (χ1) is 8.65. The van der Waals surface area contributed by atoms with Gasteiger partial charge in [-0.15, -0.1) is 0 Å². The first-order valence-electron chi connectivity index (χ1n) is 5.77. The van der Waals surface area contributed by atoms with E-state index in [9.17, 15) is 9.18 Å². The Morgan fingerprint density at radius 3 is 3.11 bits per heavy atom. The molecule has 0 aliphatic carbocycles. The SMILES string of the molecule is CCCCOc1ncccc1CNC(=O)C(F)Cl. The molecule has 0 aromatic carbocycles. The molecule has 1 heterocycles. The summed E-state index contributed by atoms with van der Waals surface area (Å²) in [5.74, 6) is -0.406. The van der Waals surface area contributed by atoms with Crippen LogP contribution in [-0.2, 0) is 11.3 Å². The van der Waals surface area contributed by atoms with Gasteiger partial charge in [-0.3, -0.25) is 4.79 Å². The number of nitrogens with one attached hydrogen (secondary N) is 1. The maximum Gasteiger partial charge on any atom is 0.270 e. The number of hydrogen-bond acceptors (Lipinski definition) is 3. The second kappa shape index (κ2) is 7.87. The molecule has 1 aromatic rings. The second-order valence-electron chi connectivity index (χ2n) is 3.69. The molecule has 1 amide bonds. The Balaban J connectivity index is 2.56. The standard InChI is InChI=1S/C12H16ClFN2O2/c1-2-3-7-18-12-9(5-4-6-15-12)8-16-11(17)10(13)14/h4-6,10H,2-3,7-8H2,1H3,(H,16,17). The van der Waals surface area contributed by atoms with Gasteiger partial charge in [0.2, 0.25) is 5.88 Å². The maximum atomic E-state index is 12.5. The predicted octanol–water partition coefficient (Wildman–Crippen LogP) is 2.41. The summed E-state index contributed by atoms with van der Waals surface area (Å²) in [5.41, 5.74) is -1.34. The van der Waals surface area contributed by atoms with Gasteiger partial charge in [0.05, 0.1) is 6.61 Å². The zero-order chi connectivity index (χ0) is 13.4. The maximum absolute atomic E-state index is 12.5. The van der Waals surface area contributed by atoms with Gasteiger partial charge in [0.15, 0.2) is 0 Å². The molecular formula is C12H16ClFN2O2. The van der Waals surface area contributed by atoms with Crippen LogP contribution in [-0.4, -0.2) is 23.1 Å². The van der Waals surface area contributed by atoms with E-state index in [0.717, 1.165) is 12.8 Å². The van der Waals surface area contributed by atoms with Crippen molar-refractivity contribution >= 4 is 17.5 Å². The van der Waals surface area contributed by atoms with Gasteiger partial charge in [-0.1, -0.05) is 31.0 Å². The van der Waals surface area contributed by atoms with Crippen molar-refractivity contribution in [3.63, 3.8) is 0 Å². The van der Waals surface area contributed by atoms with Gasteiger partial charge < -0.3 is 10.1 Å². The average Bonchev–Trinajstić information content (AvgIpc) is 2.37. The van der Waals surface area contributed by atoms with Gasteiger partial charge in [-0.2, -0.15) is 0 Å². The molecule has 0 aliphatic heterocycles. The third kappa shape index (κ3) is 4.87. The molecule has 0 saturated carbocycles. The minimum atomic E-state index is -2.04. The number of hydrogen-bond donors (Lipinski definition) is 1. The highest BCUT2D eigenvalue weighted by molar-refractivity contribution is 6.29. The third-order valence-electron chi connectivity index (χ3n) is 2.24. The molecule has 0 aliphatic rings. The Morgan fingerprint density at radius 1 is 1.67 bits per heavy atom. The summed E-state index contributed by atoms with van der Waals surface area (Å²) in [5, 5.41) is 2.36. The van der Waals surface area contributed by atoms with Gasteiger partial charge in [-0.25, -0.2) is 9.37 Å². The van der Waals surface area contributed by atoms with Crippen LogP contribution < -0.4 is 10.1 Å². The molecule has 1 rings (SSSR count). The van der Waals surface area contributed by atoms with Crippen LogP contribution in [0.1, 0.15) is 25.3 Å². The molecule has 0 fully saturated rings. The Bertz CT molecular complexity index is 388. The topological polar surface area (TPSA) is 51.2 Å². The summed E-state index contributed by atoms with van der Waals surface area (Å²) in [7, 11) is 0.